The molecule has 1 unspecified atom stereocenters. The monoisotopic (exact) mass is 362 g/mol. The topological polar surface area (TPSA) is 149 Å². The minimum atomic E-state index is -4.35. The second kappa shape index (κ2) is 8.39. The van der Waals surface area contributed by atoms with Crippen LogP contribution in [0.3, 0.4) is 0 Å². The number of carbonyl (C=O) groups excluding carboxylic acids is 1. The summed E-state index contributed by atoms with van der Waals surface area (Å²) in [7, 11) is -4.35. The molecule has 0 aromatic carbocycles. The molecule has 0 fully saturated rings. The van der Waals surface area contributed by atoms with Crippen LogP contribution in [0.25, 0.3) is 0 Å². The number of fused-ring (bicyclic) bond motifs is 1. The Morgan fingerprint density at radius 2 is 2.17 bits per heavy atom. The van der Waals surface area contributed by atoms with Crippen molar-refractivity contribution >= 4 is 22.0 Å². The minimum absolute atomic E-state index is 0. The van der Waals surface area contributed by atoms with Gasteiger partial charge in [0.15, 0.2) is 5.96 Å². The first-order valence-corrected chi connectivity index (χ1v) is 8.84. The number of guanidine groups is 1. The smallest absolute Gasteiger partial charge is 0.748 e. The van der Waals surface area contributed by atoms with Crippen molar-refractivity contribution in [2.75, 3.05) is 5.75 Å². The molecule has 0 aliphatic heterocycles. The van der Waals surface area contributed by atoms with E-state index in [-0.39, 0.29) is 29.6 Å². The number of pyridine rings is 1. The first kappa shape index (κ1) is 21.0. The summed E-state index contributed by atoms with van der Waals surface area (Å²) >= 11 is 0. The van der Waals surface area contributed by atoms with Crippen molar-refractivity contribution in [1.82, 2.24) is 10.3 Å². The van der Waals surface area contributed by atoms with Gasteiger partial charge in [-0.15, -0.1) is 0 Å². The first-order chi connectivity index (χ1) is 10.7. The predicted octanol–water partition coefficient (Wildman–Crippen LogP) is -2.63. The summed E-state index contributed by atoms with van der Waals surface area (Å²) in [6, 6.07) is 1.66. The molecule has 1 aromatic heterocycles. The molecular formula is C14H19N4NaO4S. The average Bonchev–Trinajstić information content (AvgIpc) is 2.58. The van der Waals surface area contributed by atoms with Crippen LogP contribution < -0.4 is 40.6 Å². The molecule has 126 valence electrons. The summed E-state index contributed by atoms with van der Waals surface area (Å²) in [5.41, 5.74) is 7.23. The van der Waals surface area contributed by atoms with Gasteiger partial charge in [-0.05, 0) is 37.8 Å². The van der Waals surface area contributed by atoms with E-state index in [9.17, 15) is 17.8 Å². The fraction of sp³-hybridized carbons (Fsp3) is 0.500. The largest absolute Gasteiger partial charge is 1.00 e. The molecule has 24 heavy (non-hydrogen) atoms. The van der Waals surface area contributed by atoms with Crippen LogP contribution >= 0.6 is 0 Å². The maximum Gasteiger partial charge on any atom is 1.00 e. The number of hydrogen-bond acceptors (Lipinski definition) is 6. The van der Waals surface area contributed by atoms with E-state index in [1.807, 2.05) is 0 Å². The van der Waals surface area contributed by atoms with Crippen LogP contribution in [0.1, 0.15) is 52.5 Å². The van der Waals surface area contributed by atoms with Crippen LogP contribution in [0.2, 0.25) is 0 Å². The summed E-state index contributed by atoms with van der Waals surface area (Å²) in [5, 5.41) is 9.33. The molecule has 0 spiro atoms. The second-order valence-electron chi connectivity index (χ2n) is 5.70. The van der Waals surface area contributed by atoms with Crippen molar-refractivity contribution in [1.29, 1.82) is 5.41 Å². The summed E-state index contributed by atoms with van der Waals surface area (Å²) in [4.78, 5) is 16.4. The average molecular weight is 362 g/mol. The van der Waals surface area contributed by atoms with Crippen molar-refractivity contribution in [3.8, 4) is 0 Å². The van der Waals surface area contributed by atoms with Crippen molar-refractivity contribution in [3.63, 3.8) is 0 Å². The van der Waals surface area contributed by atoms with Gasteiger partial charge in [0.25, 0.3) is 5.91 Å². The van der Waals surface area contributed by atoms with E-state index >= 15 is 0 Å². The Kier molecular flexibility index (Phi) is 7.36. The fourth-order valence-corrected chi connectivity index (χ4v) is 3.71. The van der Waals surface area contributed by atoms with Crippen LogP contribution in [0.5, 0.6) is 0 Å². The van der Waals surface area contributed by atoms with E-state index in [1.165, 1.54) is 0 Å². The van der Waals surface area contributed by atoms with Crippen LogP contribution in [0.4, 0.5) is 0 Å². The SMILES string of the molecule is Cc1nc2c(cc1C(=O)NC(=N)N)CCCCC2CS(=O)(=O)[O-].[Na+]. The van der Waals surface area contributed by atoms with Gasteiger partial charge in [0.05, 0.1) is 21.4 Å². The van der Waals surface area contributed by atoms with Crippen molar-refractivity contribution < 1.29 is 47.3 Å². The van der Waals surface area contributed by atoms with Gasteiger partial charge in [-0.3, -0.25) is 20.5 Å². The van der Waals surface area contributed by atoms with Crippen molar-refractivity contribution in [2.45, 2.75) is 38.5 Å². The van der Waals surface area contributed by atoms with E-state index in [1.54, 1.807) is 13.0 Å². The third-order valence-corrected chi connectivity index (χ3v) is 4.67. The second-order valence-corrected chi connectivity index (χ2v) is 7.15. The Balaban J connectivity index is 0.00000288. The molecule has 0 saturated carbocycles. The van der Waals surface area contributed by atoms with Crippen LogP contribution in [-0.4, -0.2) is 35.6 Å². The van der Waals surface area contributed by atoms with E-state index < -0.39 is 33.7 Å². The number of amides is 1. The summed E-state index contributed by atoms with van der Waals surface area (Å²) in [6.45, 7) is 1.63. The van der Waals surface area contributed by atoms with Gasteiger partial charge in [-0.1, -0.05) is 6.42 Å². The molecule has 10 heteroatoms. The molecule has 2 rings (SSSR count). The molecule has 1 amide bonds. The number of nitrogens with one attached hydrogen (secondary N) is 2. The third-order valence-electron chi connectivity index (χ3n) is 3.86. The molecule has 0 radical (unpaired) electrons. The standard InChI is InChI=1S/C14H20N4O4S.Na/c1-8-11(13(19)18-14(15)16)6-9-4-2-3-5-10(12(9)17-8)7-23(20,21)22;/h6,10H,2-5,7H2,1H3,(H,20,21,22)(H4,15,16,18,19);/q;+1/p-1. The molecular weight excluding hydrogens is 343 g/mol. The number of carbonyl (C=O) groups is 1. The Labute approximate surface area is 163 Å². The molecule has 0 saturated heterocycles. The minimum Gasteiger partial charge on any atom is -0.748 e. The first-order valence-electron chi connectivity index (χ1n) is 7.26. The van der Waals surface area contributed by atoms with Crippen LogP contribution in [0.15, 0.2) is 6.07 Å². The maximum absolute atomic E-state index is 12.0. The number of aryl methyl sites for hydroxylation is 2. The number of hydrogen-bond donors (Lipinski definition) is 3. The Morgan fingerprint density at radius 3 is 2.75 bits per heavy atom. The molecule has 0 bridgehead atoms. The van der Waals surface area contributed by atoms with E-state index in [2.05, 4.69) is 10.3 Å². The van der Waals surface area contributed by atoms with E-state index in [4.69, 9.17) is 11.1 Å². The van der Waals surface area contributed by atoms with Gasteiger partial charge >= 0.3 is 29.6 Å². The molecule has 4 N–H and O–H groups in total. The quantitative estimate of drug-likeness (QED) is 0.176. The Hall–Kier alpha value is -1.00. The Morgan fingerprint density at radius 1 is 1.50 bits per heavy atom. The van der Waals surface area contributed by atoms with Gasteiger partial charge in [0, 0.05) is 17.4 Å². The van der Waals surface area contributed by atoms with Gasteiger partial charge < -0.3 is 10.3 Å². The summed E-state index contributed by atoms with van der Waals surface area (Å²) in [5.74, 6) is -1.91. The summed E-state index contributed by atoms with van der Waals surface area (Å²) < 4.78 is 33.4. The fourth-order valence-electron chi connectivity index (χ4n) is 2.89. The maximum atomic E-state index is 12.0. The van der Waals surface area contributed by atoms with Crippen molar-refractivity contribution in [3.05, 3.63) is 28.6 Å². The normalized spacial score (nSPS) is 17.2. The zero-order valence-corrected chi connectivity index (χ0v) is 16.6. The molecule has 1 heterocycles. The van der Waals surface area contributed by atoms with Gasteiger partial charge in [-0.25, -0.2) is 8.42 Å². The molecule has 1 aromatic rings. The Bertz CT molecular complexity index is 751. The van der Waals surface area contributed by atoms with Crippen LogP contribution in [0, 0.1) is 12.3 Å². The van der Waals surface area contributed by atoms with Gasteiger partial charge in [-0.2, -0.15) is 0 Å². The third kappa shape index (κ3) is 5.52. The van der Waals surface area contributed by atoms with E-state index in [0.717, 1.165) is 18.4 Å². The van der Waals surface area contributed by atoms with Crippen molar-refractivity contribution in [2.24, 2.45) is 5.73 Å². The predicted molar refractivity (Wildman–Crippen MR) is 83.2 cm³/mol. The number of aromatic nitrogens is 1. The molecule has 1 aliphatic carbocycles. The zero-order chi connectivity index (χ0) is 17.2. The van der Waals surface area contributed by atoms with Gasteiger partial charge in [0.2, 0.25) is 0 Å². The van der Waals surface area contributed by atoms with Gasteiger partial charge in [0.1, 0.15) is 0 Å². The number of nitrogens with zero attached hydrogens (tertiary/aromatic N) is 1. The molecule has 1 atom stereocenters. The zero-order valence-electron chi connectivity index (χ0n) is 13.8. The van der Waals surface area contributed by atoms with E-state index in [0.29, 0.717) is 29.8 Å². The summed E-state index contributed by atoms with van der Waals surface area (Å²) in [6.07, 6.45) is 2.88. The number of rotatable bonds is 3. The number of nitrogens with two attached hydrogens (primary N) is 1. The molecule has 1 aliphatic rings. The van der Waals surface area contributed by atoms with Crippen LogP contribution in [-0.2, 0) is 16.5 Å². The molecule has 8 nitrogen and oxygen atoms in total.